The molecule has 0 bridgehead atoms. The highest BCUT2D eigenvalue weighted by atomic mass is 16.5. The van der Waals surface area contributed by atoms with Gasteiger partial charge in [0, 0.05) is 0 Å². The minimum atomic E-state index is -0.309. The molecule has 0 fully saturated rings. The molecule has 0 aliphatic rings. The fourth-order valence-corrected chi connectivity index (χ4v) is 1.97. The molecule has 0 aromatic heterocycles. The Kier molecular flexibility index (Phi) is 3.70. The number of carbonyl (C=O) groups is 1. The summed E-state index contributed by atoms with van der Waals surface area (Å²) in [5.74, 6) is 0.257. The van der Waals surface area contributed by atoms with Gasteiger partial charge in [0.2, 0.25) is 0 Å². The number of esters is 1. The smallest absolute Gasteiger partial charge is 0.343 e. The summed E-state index contributed by atoms with van der Waals surface area (Å²) in [6.45, 7) is 6.25. The van der Waals surface area contributed by atoms with Gasteiger partial charge in [0.1, 0.15) is 5.75 Å². The molecule has 2 aromatic carbocycles. The number of hydrogen-bond acceptors (Lipinski definition) is 2. The van der Waals surface area contributed by atoms with Crippen LogP contribution in [0.1, 0.15) is 36.7 Å². The molecule has 0 amide bonds. The maximum Gasteiger partial charge on any atom is 0.343 e. The van der Waals surface area contributed by atoms with E-state index in [2.05, 4.69) is 20.8 Å². The third kappa shape index (κ3) is 3.22. The SMILES string of the molecule is CC(C)(C)c1ccccc1C(=O)Oc1ccccc1. The molecular weight excluding hydrogens is 236 g/mol. The fraction of sp³-hybridized carbons (Fsp3) is 0.235. The first-order chi connectivity index (χ1) is 8.98. The predicted octanol–water partition coefficient (Wildman–Crippen LogP) is 4.20. The van der Waals surface area contributed by atoms with Crippen LogP contribution < -0.4 is 4.74 Å². The highest BCUT2D eigenvalue weighted by Gasteiger charge is 2.22. The molecule has 0 saturated heterocycles. The Morgan fingerprint density at radius 1 is 0.895 bits per heavy atom. The lowest BCUT2D eigenvalue weighted by molar-refractivity contribution is 0.0732. The summed E-state index contributed by atoms with van der Waals surface area (Å²) >= 11 is 0. The van der Waals surface area contributed by atoms with Gasteiger partial charge >= 0.3 is 5.97 Å². The lowest BCUT2D eigenvalue weighted by Gasteiger charge is -2.21. The van der Waals surface area contributed by atoms with E-state index < -0.39 is 0 Å². The quantitative estimate of drug-likeness (QED) is 0.593. The molecular formula is C17H18O2. The van der Waals surface area contributed by atoms with Crippen LogP contribution in [0.25, 0.3) is 0 Å². The highest BCUT2D eigenvalue weighted by molar-refractivity contribution is 5.93. The standard InChI is InChI=1S/C17H18O2/c1-17(2,3)15-12-8-7-11-14(15)16(18)19-13-9-5-4-6-10-13/h4-12H,1-3H3. The van der Waals surface area contributed by atoms with Crippen molar-refractivity contribution in [1.29, 1.82) is 0 Å². The molecule has 0 saturated carbocycles. The highest BCUT2D eigenvalue weighted by Crippen LogP contribution is 2.26. The van der Waals surface area contributed by atoms with Gasteiger partial charge in [-0.3, -0.25) is 0 Å². The van der Waals surface area contributed by atoms with Crippen molar-refractivity contribution in [1.82, 2.24) is 0 Å². The van der Waals surface area contributed by atoms with Gasteiger partial charge in [0.25, 0.3) is 0 Å². The summed E-state index contributed by atoms with van der Waals surface area (Å²) in [5, 5.41) is 0. The molecule has 0 aliphatic carbocycles. The van der Waals surface area contributed by atoms with Crippen LogP contribution in [-0.2, 0) is 5.41 Å². The first-order valence-electron chi connectivity index (χ1n) is 6.35. The molecule has 0 radical (unpaired) electrons. The zero-order chi connectivity index (χ0) is 13.9. The van der Waals surface area contributed by atoms with E-state index in [0.29, 0.717) is 11.3 Å². The van der Waals surface area contributed by atoms with E-state index in [9.17, 15) is 4.79 Å². The number of carbonyl (C=O) groups excluding carboxylic acids is 1. The second kappa shape index (κ2) is 5.27. The number of rotatable bonds is 2. The van der Waals surface area contributed by atoms with Crippen LogP contribution in [0.15, 0.2) is 54.6 Å². The van der Waals surface area contributed by atoms with Crippen molar-refractivity contribution in [2.24, 2.45) is 0 Å². The van der Waals surface area contributed by atoms with Crippen LogP contribution in [-0.4, -0.2) is 5.97 Å². The predicted molar refractivity (Wildman–Crippen MR) is 76.5 cm³/mol. The molecule has 0 N–H and O–H groups in total. The summed E-state index contributed by atoms with van der Waals surface area (Å²) in [6.07, 6.45) is 0. The topological polar surface area (TPSA) is 26.3 Å². The first kappa shape index (κ1) is 13.3. The van der Waals surface area contributed by atoms with Crippen LogP contribution in [0.4, 0.5) is 0 Å². The largest absolute Gasteiger partial charge is 0.423 e. The van der Waals surface area contributed by atoms with Gasteiger partial charge in [-0.05, 0) is 29.2 Å². The molecule has 2 nitrogen and oxygen atoms in total. The summed E-state index contributed by atoms with van der Waals surface area (Å²) in [6, 6.07) is 16.7. The van der Waals surface area contributed by atoms with Crippen molar-refractivity contribution < 1.29 is 9.53 Å². The van der Waals surface area contributed by atoms with Crippen LogP contribution in [0.2, 0.25) is 0 Å². The average Bonchev–Trinajstić information content (AvgIpc) is 2.39. The maximum atomic E-state index is 12.3. The van der Waals surface area contributed by atoms with E-state index in [0.717, 1.165) is 5.56 Å². The average molecular weight is 254 g/mol. The Hall–Kier alpha value is -2.09. The number of hydrogen-bond donors (Lipinski definition) is 0. The molecule has 0 atom stereocenters. The van der Waals surface area contributed by atoms with Gasteiger partial charge in [-0.25, -0.2) is 4.79 Å². The van der Waals surface area contributed by atoms with E-state index in [1.807, 2.05) is 42.5 Å². The molecule has 98 valence electrons. The van der Waals surface area contributed by atoms with Gasteiger partial charge in [0.15, 0.2) is 0 Å². The van der Waals surface area contributed by atoms with E-state index in [-0.39, 0.29) is 11.4 Å². The van der Waals surface area contributed by atoms with E-state index in [4.69, 9.17) is 4.74 Å². The second-order valence-corrected chi connectivity index (χ2v) is 5.50. The summed E-state index contributed by atoms with van der Waals surface area (Å²) in [7, 11) is 0. The zero-order valence-electron chi connectivity index (χ0n) is 11.5. The molecule has 0 aliphatic heterocycles. The third-order valence-electron chi connectivity index (χ3n) is 2.91. The zero-order valence-corrected chi connectivity index (χ0v) is 11.5. The van der Waals surface area contributed by atoms with Crippen molar-refractivity contribution in [2.45, 2.75) is 26.2 Å². The molecule has 2 heteroatoms. The molecule has 0 unspecified atom stereocenters. The molecule has 0 heterocycles. The Morgan fingerprint density at radius 2 is 1.47 bits per heavy atom. The Balaban J connectivity index is 2.30. The van der Waals surface area contributed by atoms with Gasteiger partial charge in [-0.15, -0.1) is 0 Å². The Labute approximate surface area is 114 Å². The van der Waals surface area contributed by atoms with Crippen molar-refractivity contribution in [3.63, 3.8) is 0 Å². The summed E-state index contributed by atoms with van der Waals surface area (Å²) in [4.78, 5) is 12.3. The molecule has 0 spiro atoms. The lowest BCUT2D eigenvalue weighted by atomic mass is 9.84. The van der Waals surface area contributed by atoms with Crippen molar-refractivity contribution in [2.75, 3.05) is 0 Å². The minimum Gasteiger partial charge on any atom is -0.423 e. The van der Waals surface area contributed by atoms with E-state index >= 15 is 0 Å². The van der Waals surface area contributed by atoms with Gasteiger partial charge in [0.05, 0.1) is 5.56 Å². The molecule has 2 aromatic rings. The summed E-state index contributed by atoms with van der Waals surface area (Å²) in [5.41, 5.74) is 1.53. The minimum absolute atomic E-state index is 0.0910. The lowest BCUT2D eigenvalue weighted by Crippen LogP contribution is -2.19. The Morgan fingerprint density at radius 3 is 2.11 bits per heavy atom. The van der Waals surface area contributed by atoms with Crippen LogP contribution in [0.3, 0.4) is 0 Å². The van der Waals surface area contributed by atoms with Crippen LogP contribution in [0, 0.1) is 0 Å². The van der Waals surface area contributed by atoms with Crippen LogP contribution >= 0.6 is 0 Å². The number of benzene rings is 2. The third-order valence-corrected chi connectivity index (χ3v) is 2.91. The Bertz CT molecular complexity index is 565. The van der Waals surface area contributed by atoms with Gasteiger partial charge in [-0.1, -0.05) is 57.2 Å². The summed E-state index contributed by atoms with van der Waals surface area (Å²) < 4.78 is 5.40. The second-order valence-electron chi connectivity index (χ2n) is 5.50. The van der Waals surface area contributed by atoms with Crippen LogP contribution in [0.5, 0.6) is 5.75 Å². The molecule has 19 heavy (non-hydrogen) atoms. The van der Waals surface area contributed by atoms with E-state index in [1.165, 1.54) is 0 Å². The monoisotopic (exact) mass is 254 g/mol. The van der Waals surface area contributed by atoms with E-state index in [1.54, 1.807) is 12.1 Å². The number of ether oxygens (including phenoxy) is 1. The van der Waals surface area contributed by atoms with Crippen molar-refractivity contribution >= 4 is 5.97 Å². The van der Waals surface area contributed by atoms with Crippen molar-refractivity contribution in [3.8, 4) is 5.75 Å². The fourth-order valence-electron chi connectivity index (χ4n) is 1.97. The first-order valence-corrected chi connectivity index (χ1v) is 6.35. The number of para-hydroxylation sites is 1. The maximum absolute atomic E-state index is 12.3. The van der Waals surface area contributed by atoms with Gasteiger partial charge in [-0.2, -0.15) is 0 Å². The normalized spacial score (nSPS) is 11.1. The molecule has 2 rings (SSSR count). The van der Waals surface area contributed by atoms with Gasteiger partial charge < -0.3 is 4.74 Å². The van der Waals surface area contributed by atoms with Crippen molar-refractivity contribution in [3.05, 3.63) is 65.7 Å².